The van der Waals surface area contributed by atoms with Gasteiger partial charge in [0.15, 0.2) is 11.7 Å². The molecule has 0 unspecified atom stereocenters. The molecule has 0 saturated carbocycles. The molecule has 0 amide bonds. The molecule has 0 aromatic carbocycles. The summed E-state index contributed by atoms with van der Waals surface area (Å²) in [6, 6.07) is -0.870. The van der Waals surface area contributed by atoms with Crippen LogP contribution in [0.3, 0.4) is 0 Å². The molecule has 8 heteroatoms. The Hall–Kier alpha value is -1.70. The summed E-state index contributed by atoms with van der Waals surface area (Å²) >= 11 is 1.52. The van der Waals surface area contributed by atoms with Crippen LogP contribution in [0, 0.1) is 12.1 Å². The first-order valence-electron chi connectivity index (χ1n) is 6.13. The molecule has 0 aliphatic carbocycles. The summed E-state index contributed by atoms with van der Waals surface area (Å²) in [4.78, 5) is 23.0. The van der Waals surface area contributed by atoms with E-state index in [1.807, 2.05) is 6.26 Å². The standard InChI is InChI=1S/C12H18N2O5S/c1-4-19-12(17)10-8(2)13(7-14(10)18)9(11(15)16)5-6-20-3/h7,9H,4-6H2,1-3H3,(H,15,16)/t9-/m1/s1. The van der Waals surface area contributed by atoms with E-state index in [0.717, 1.165) is 6.33 Å². The first kappa shape index (κ1) is 16.4. The summed E-state index contributed by atoms with van der Waals surface area (Å²) < 4.78 is 6.48. The molecular formula is C12H18N2O5S. The summed E-state index contributed by atoms with van der Waals surface area (Å²) in [5, 5.41) is 21.0. The zero-order chi connectivity index (χ0) is 15.3. The summed E-state index contributed by atoms with van der Waals surface area (Å²) in [6.07, 6.45) is 3.33. The van der Waals surface area contributed by atoms with Crippen LogP contribution in [0.1, 0.15) is 35.6 Å². The van der Waals surface area contributed by atoms with Gasteiger partial charge in [0.25, 0.3) is 5.69 Å². The van der Waals surface area contributed by atoms with E-state index in [0.29, 0.717) is 22.6 Å². The summed E-state index contributed by atoms with van der Waals surface area (Å²) in [7, 11) is 0. The normalized spacial score (nSPS) is 12.2. The number of carbonyl (C=O) groups is 2. The molecule has 0 aliphatic heterocycles. The second-order valence-corrected chi connectivity index (χ2v) is 5.12. The molecule has 1 aromatic heterocycles. The number of hydrogen-bond donors (Lipinski definition) is 1. The smallest absolute Gasteiger partial charge is 0.383 e. The van der Waals surface area contributed by atoms with E-state index in [-0.39, 0.29) is 12.3 Å². The highest BCUT2D eigenvalue weighted by atomic mass is 32.2. The van der Waals surface area contributed by atoms with Crippen LogP contribution in [0.5, 0.6) is 0 Å². The van der Waals surface area contributed by atoms with Gasteiger partial charge in [-0.3, -0.25) is 0 Å². The first-order valence-corrected chi connectivity index (χ1v) is 7.52. The van der Waals surface area contributed by atoms with Gasteiger partial charge in [0.1, 0.15) is 0 Å². The summed E-state index contributed by atoms with van der Waals surface area (Å²) in [5.74, 6) is -1.14. The third-order valence-corrected chi connectivity index (χ3v) is 3.51. The number of aromatic nitrogens is 2. The number of ether oxygens (including phenoxy) is 1. The summed E-state index contributed by atoms with van der Waals surface area (Å²) in [5.41, 5.74) is 0.134. The Labute approximate surface area is 121 Å². The number of carboxylic acid groups (broad SMARTS) is 1. The average molecular weight is 302 g/mol. The molecule has 0 fully saturated rings. The van der Waals surface area contributed by atoms with E-state index in [9.17, 15) is 19.9 Å². The van der Waals surface area contributed by atoms with Gasteiger partial charge < -0.3 is 15.1 Å². The Morgan fingerprint density at radius 3 is 2.75 bits per heavy atom. The SMILES string of the molecule is CCOC(=O)c1c(C)n([C@H](CCSC)C(=O)O)c[n+]1[O-]. The maximum absolute atomic E-state index is 11.8. The Bertz CT molecular complexity index is 500. The molecule has 0 bridgehead atoms. The quantitative estimate of drug-likeness (QED) is 0.458. The monoisotopic (exact) mass is 302 g/mol. The lowest BCUT2D eigenvalue weighted by molar-refractivity contribution is -0.608. The Morgan fingerprint density at radius 2 is 2.25 bits per heavy atom. The molecular weight excluding hydrogens is 284 g/mol. The highest BCUT2D eigenvalue weighted by Crippen LogP contribution is 2.18. The fourth-order valence-corrected chi connectivity index (χ4v) is 2.36. The molecule has 0 spiro atoms. The van der Waals surface area contributed by atoms with Gasteiger partial charge in [-0.2, -0.15) is 11.8 Å². The van der Waals surface area contributed by atoms with Crippen molar-refractivity contribution < 1.29 is 24.2 Å². The molecule has 1 aromatic rings. The summed E-state index contributed by atoms with van der Waals surface area (Å²) in [6.45, 7) is 3.33. The minimum Gasteiger partial charge on any atom is -0.710 e. The van der Waals surface area contributed by atoms with Gasteiger partial charge in [0.2, 0.25) is 6.33 Å². The lowest BCUT2D eigenvalue weighted by Crippen LogP contribution is -2.32. The van der Waals surface area contributed by atoms with Crippen LogP contribution in [-0.4, -0.2) is 40.2 Å². The van der Waals surface area contributed by atoms with E-state index in [2.05, 4.69) is 0 Å². The Morgan fingerprint density at radius 1 is 1.60 bits per heavy atom. The molecule has 1 rings (SSSR count). The van der Waals surface area contributed by atoms with E-state index in [1.54, 1.807) is 6.92 Å². The van der Waals surface area contributed by atoms with Crippen molar-refractivity contribution in [1.82, 2.24) is 4.57 Å². The topological polar surface area (TPSA) is 95.5 Å². The average Bonchev–Trinajstić information content (AvgIpc) is 2.65. The lowest BCUT2D eigenvalue weighted by atomic mass is 10.2. The molecule has 0 radical (unpaired) electrons. The number of thioether (sulfide) groups is 1. The number of hydrogen-bond acceptors (Lipinski definition) is 5. The molecule has 20 heavy (non-hydrogen) atoms. The van der Waals surface area contributed by atoms with Crippen LogP contribution in [0.4, 0.5) is 0 Å². The van der Waals surface area contributed by atoms with E-state index >= 15 is 0 Å². The minimum atomic E-state index is -1.03. The maximum atomic E-state index is 11.8. The third-order valence-electron chi connectivity index (χ3n) is 2.86. The van der Waals surface area contributed by atoms with Crippen LogP contribution >= 0.6 is 11.8 Å². The van der Waals surface area contributed by atoms with E-state index in [1.165, 1.54) is 23.3 Å². The fraction of sp³-hybridized carbons (Fsp3) is 0.583. The third kappa shape index (κ3) is 3.44. The van der Waals surface area contributed by atoms with Crippen molar-refractivity contribution in [1.29, 1.82) is 0 Å². The van der Waals surface area contributed by atoms with Crippen LogP contribution < -0.4 is 4.73 Å². The molecule has 1 N–H and O–H groups in total. The van der Waals surface area contributed by atoms with Crippen molar-refractivity contribution in [3.63, 3.8) is 0 Å². The molecule has 1 heterocycles. The Kier molecular flexibility index (Phi) is 5.87. The lowest BCUT2D eigenvalue weighted by Gasteiger charge is -2.09. The van der Waals surface area contributed by atoms with Crippen LogP contribution in [0.15, 0.2) is 6.33 Å². The fourth-order valence-electron chi connectivity index (χ4n) is 1.90. The van der Waals surface area contributed by atoms with Crippen LogP contribution in [0.25, 0.3) is 0 Å². The highest BCUT2D eigenvalue weighted by molar-refractivity contribution is 7.98. The molecule has 7 nitrogen and oxygen atoms in total. The van der Waals surface area contributed by atoms with Gasteiger partial charge in [-0.05, 0) is 18.9 Å². The van der Waals surface area contributed by atoms with E-state index < -0.39 is 18.0 Å². The minimum absolute atomic E-state index is 0.151. The van der Waals surface area contributed by atoms with Crippen molar-refractivity contribution in [3.05, 3.63) is 22.9 Å². The van der Waals surface area contributed by atoms with Crippen molar-refractivity contribution in [2.45, 2.75) is 26.3 Å². The van der Waals surface area contributed by atoms with E-state index in [4.69, 9.17) is 4.74 Å². The van der Waals surface area contributed by atoms with Gasteiger partial charge in [0.05, 0.1) is 6.61 Å². The number of imidazole rings is 1. The number of carbonyl (C=O) groups excluding carboxylic acids is 1. The predicted molar refractivity (Wildman–Crippen MR) is 73.8 cm³/mol. The van der Waals surface area contributed by atoms with Gasteiger partial charge >= 0.3 is 11.9 Å². The molecule has 0 aliphatic rings. The van der Waals surface area contributed by atoms with Crippen molar-refractivity contribution in [3.8, 4) is 0 Å². The molecule has 1 atom stereocenters. The number of esters is 1. The van der Waals surface area contributed by atoms with Gasteiger partial charge in [-0.1, -0.05) is 0 Å². The number of rotatable bonds is 7. The second-order valence-electron chi connectivity index (χ2n) is 4.14. The largest absolute Gasteiger partial charge is 0.710 e. The van der Waals surface area contributed by atoms with Gasteiger partial charge in [-0.15, -0.1) is 0 Å². The zero-order valence-corrected chi connectivity index (χ0v) is 12.5. The second kappa shape index (κ2) is 7.18. The van der Waals surface area contributed by atoms with Crippen LogP contribution in [0.2, 0.25) is 0 Å². The number of aliphatic carboxylic acids is 1. The first-order chi connectivity index (χ1) is 9.43. The number of carboxylic acids is 1. The number of nitrogens with zero attached hydrogens (tertiary/aromatic N) is 2. The maximum Gasteiger partial charge on any atom is 0.383 e. The Balaban J connectivity index is 3.15. The van der Waals surface area contributed by atoms with Crippen molar-refractivity contribution >= 4 is 23.7 Å². The van der Waals surface area contributed by atoms with Gasteiger partial charge in [-0.25, -0.2) is 18.9 Å². The van der Waals surface area contributed by atoms with Gasteiger partial charge in [0, 0.05) is 13.3 Å². The zero-order valence-electron chi connectivity index (χ0n) is 11.7. The van der Waals surface area contributed by atoms with Crippen molar-refractivity contribution in [2.24, 2.45) is 0 Å². The molecule has 112 valence electrons. The molecule has 0 saturated heterocycles. The predicted octanol–water partition coefficient (Wildman–Crippen LogP) is 0.985. The van der Waals surface area contributed by atoms with Crippen LogP contribution in [-0.2, 0) is 9.53 Å². The highest BCUT2D eigenvalue weighted by Gasteiger charge is 2.32. The van der Waals surface area contributed by atoms with Crippen molar-refractivity contribution in [2.75, 3.05) is 18.6 Å².